The van der Waals surface area contributed by atoms with Gasteiger partial charge in [0.05, 0.1) is 0 Å². The van der Waals surface area contributed by atoms with Crippen molar-refractivity contribution < 1.29 is 21.9 Å². The van der Waals surface area contributed by atoms with Gasteiger partial charge in [0.1, 0.15) is 11.5 Å². The fourth-order valence-electron chi connectivity index (χ4n) is 5.50. The Morgan fingerprint density at radius 2 is 2.08 bits per heavy atom. The van der Waals surface area contributed by atoms with E-state index >= 15 is 0 Å². The number of carbonyl (C=O) groups excluding carboxylic acids is 1. The molecule has 0 bridgehead atoms. The second-order valence-electron chi connectivity index (χ2n) is 7.71. The monoisotopic (exact) mass is 352 g/mol. The molecule has 130 valence electrons. The summed E-state index contributed by atoms with van der Waals surface area (Å²) in [5, 5.41) is 0. The van der Waals surface area contributed by atoms with E-state index in [0.717, 1.165) is 44.1 Å². The normalized spacial score (nSPS) is 35.1. The standard InChI is InChI=1S/C18H22O5S/c1-18-9-8-14-13-5-3-12(23-24(20,21)22)10-11(13)2-4-15(14)16(18)6-7-17(18)19/h3,5,10,14-16H,2,4,6-9H2,1H3,(H,20,21,22)/t14-,15-,16+,18+/m1/s1/i12+2. The van der Waals surface area contributed by atoms with Crippen LogP contribution in [0, 0.1) is 17.3 Å². The maximum atomic E-state index is 12.3. The SMILES string of the molecule is C[C@]12CC[C@@H]3c4cc[14c](OS(=O)(=O)O)cc4CC[C@H]3[C@@H]1CCC2=O. The summed E-state index contributed by atoms with van der Waals surface area (Å²) in [5.74, 6) is 2.05. The van der Waals surface area contributed by atoms with Crippen LogP contribution >= 0.6 is 0 Å². The number of Topliss-reactive ketones (excluding diaryl/α,β-unsaturated/α-hetero) is 1. The van der Waals surface area contributed by atoms with Crippen molar-refractivity contribution in [2.45, 2.75) is 51.4 Å². The number of hydrogen-bond donors (Lipinski definition) is 1. The summed E-state index contributed by atoms with van der Waals surface area (Å²) in [5.41, 5.74) is 2.23. The number of benzene rings is 1. The molecule has 2 saturated carbocycles. The van der Waals surface area contributed by atoms with Crippen molar-refractivity contribution in [1.82, 2.24) is 0 Å². The van der Waals surface area contributed by atoms with Crippen LogP contribution in [0.15, 0.2) is 18.2 Å². The van der Waals surface area contributed by atoms with Gasteiger partial charge < -0.3 is 4.18 Å². The van der Waals surface area contributed by atoms with Crippen LogP contribution in [-0.4, -0.2) is 18.8 Å². The zero-order valence-electron chi connectivity index (χ0n) is 13.7. The number of aryl methyl sites for hydroxylation is 1. The highest BCUT2D eigenvalue weighted by atomic mass is 32.3. The van der Waals surface area contributed by atoms with Gasteiger partial charge in [-0.2, -0.15) is 8.42 Å². The van der Waals surface area contributed by atoms with Gasteiger partial charge in [-0.1, -0.05) is 13.0 Å². The molecular formula is C18H22O5S. The molecule has 2 fully saturated rings. The van der Waals surface area contributed by atoms with E-state index in [-0.39, 0.29) is 11.2 Å². The third-order valence-electron chi connectivity index (χ3n) is 6.61. The third kappa shape index (κ3) is 2.47. The Hall–Kier alpha value is -1.40. The minimum atomic E-state index is -4.49. The highest BCUT2D eigenvalue weighted by molar-refractivity contribution is 7.81. The minimum Gasteiger partial charge on any atom is -0.362 e. The second kappa shape index (κ2) is 5.30. The largest absolute Gasteiger partial charge is 0.446 e. The van der Waals surface area contributed by atoms with E-state index in [1.807, 2.05) is 6.07 Å². The first kappa shape index (κ1) is 16.1. The van der Waals surface area contributed by atoms with Crippen molar-refractivity contribution in [2.24, 2.45) is 17.3 Å². The van der Waals surface area contributed by atoms with Crippen molar-refractivity contribution in [3.05, 3.63) is 29.3 Å². The first-order chi connectivity index (χ1) is 11.3. The molecule has 0 heterocycles. The minimum absolute atomic E-state index is 0.132. The fraction of sp³-hybridized carbons (Fsp3) is 0.611. The summed E-state index contributed by atoms with van der Waals surface area (Å²) in [6, 6.07) is 5.28. The van der Waals surface area contributed by atoms with Gasteiger partial charge in [0.15, 0.2) is 0 Å². The topological polar surface area (TPSA) is 80.7 Å². The Bertz CT molecular complexity index is 800. The molecule has 4 atom stereocenters. The van der Waals surface area contributed by atoms with Gasteiger partial charge in [0.2, 0.25) is 0 Å². The summed E-state index contributed by atoms with van der Waals surface area (Å²) in [4.78, 5) is 12.3. The van der Waals surface area contributed by atoms with E-state index in [1.165, 1.54) is 5.56 Å². The number of hydrogen-bond acceptors (Lipinski definition) is 4. The smallest absolute Gasteiger partial charge is 0.362 e. The van der Waals surface area contributed by atoms with E-state index in [4.69, 9.17) is 4.55 Å². The molecule has 0 aliphatic heterocycles. The van der Waals surface area contributed by atoms with E-state index in [0.29, 0.717) is 23.5 Å². The molecule has 1 N–H and O–H groups in total. The van der Waals surface area contributed by atoms with Crippen LogP contribution in [0.3, 0.4) is 0 Å². The van der Waals surface area contributed by atoms with Gasteiger partial charge >= 0.3 is 10.4 Å². The Balaban J connectivity index is 1.65. The van der Waals surface area contributed by atoms with Crippen molar-refractivity contribution in [3.63, 3.8) is 0 Å². The first-order valence-corrected chi connectivity index (χ1v) is 9.97. The van der Waals surface area contributed by atoms with E-state index < -0.39 is 10.4 Å². The molecule has 3 aliphatic carbocycles. The molecule has 0 radical (unpaired) electrons. The van der Waals surface area contributed by atoms with Crippen LogP contribution in [0.25, 0.3) is 0 Å². The van der Waals surface area contributed by atoms with Crippen LogP contribution in [0.5, 0.6) is 5.75 Å². The molecule has 5 nitrogen and oxygen atoms in total. The zero-order valence-corrected chi connectivity index (χ0v) is 14.5. The molecule has 0 aromatic heterocycles. The lowest BCUT2D eigenvalue weighted by molar-refractivity contribution is -0.129. The molecule has 1 aromatic rings. The maximum Gasteiger partial charge on any atom is 0.446 e. The summed E-state index contributed by atoms with van der Waals surface area (Å²) < 4.78 is 35.2. The average molecular weight is 352 g/mol. The van der Waals surface area contributed by atoms with Gasteiger partial charge in [0.25, 0.3) is 0 Å². The van der Waals surface area contributed by atoms with Crippen LogP contribution < -0.4 is 4.18 Å². The predicted molar refractivity (Wildman–Crippen MR) is 88.2 cm³/mol. The molecule has 0 spiro atoms. The molecule has 0 unspecified atom stereocenters. The van der Waals surface area contributed by atoms with E-state index in [9.17, 15) is 13.2 Å². The van der Waals surface area contributed by atoms with Crippen LogP contribution in [0.2, 0.25) is 0 Å². The number of ketones is 1. The average Bonchev–Trinajstić information content (AvgIpc) is 2.81. The molecule has 1 aromatic carbocycles. The lowest BCUT2D eigenvalue weighted by Gasteiger charge is -2.48. The third-order valence-corrected chi connectivity index (χ3v) is 7.01. The Kier molecular flexibility index (Phi) is 3.55. The molecule has 6 heteroatoms. The highest BCUT2D eigenvalue weighted by Gasteiger charge is 2.54. The van der Waals surface area contributed by atoms with Crippen molar-refractivity contribution in [2.75, 3.05) is 0 Å². The maximum absolute atomic E-state index is 12.3. The van der Waals surface area contributed by atoms with Gasteiger partial charge in [-0.3, -0.25) is 9.35 Å². The summed E-state index contributed by atoms with van der Waals surface area (Å²) in [7, 11) is -4.49. The highest BCUT2D eigenvalue weighted by Crippen LogP contribution is 2.59. The van der Waals surface area contributed by atoms with Crippen LogP contribution in [0.4, 0.5) is 0 Å². The number of rotatable bonds is 2. The van der Waals surface area contributed by atoms with Gasteiger partial charge in [-0.25, -0.2) is 0 Å². The Morgan fingerprint density at radius 1 is 1.29 bits per heavy atom. The quantitative estimate of drug-likeness (QED) is 0.826. The molecule has 0 saturated heterocycles. The van der Waals surface area contributed by atoms with Crippen molar-refractivity contribution >= 4 is 16.2 Å². The number of fused-ring (bicyclic) bond motifs is 5. The molecule has 4 rings (SSSR count). The lowest BCUT2D eigenvalue weighted by Crippen LogP contribution is -2.42. The lowest BCUT2D eigenvalue weighted by atomic mass is 9.56. The van der Waals surface area contributed by atoms with Gasteiger partial charge in [-0.15, -0.1) is 0 Å². The van der Waals surface area contributed by atoms with Gasteiger partial charge in [-0.05, 0) is 73.1 Å². The fourth-order valence-corrected chi connectivity index (χ4v) is 5.85. The van der Waals surface area contributed by atoms with Crippen LogP contribution in [0.1, 0.15) is 56.1 Å². The molecule has 0 amide bonds. The zero-order chi connectivity index (χ0) is 17.1. The molecule has 3 aliphatic rings. The molecule has 24 heavy (non-hydrogen) atoms. The Labute approximate surface area is 142 Å². The summed E-state index contributed by atoms with van der Waals surface area (Å²) in [6.45, 7) is 2.15. The van der Waals surface area contributed by atoms with Gasteiger partial charge in [0, 0.05) is 11.8 Å². The van der Waals surface area contributed by atoms with Crippen molar-refractivity contribution in [3.8, 4) is 5.75 Å². The predicted octanol–water partition coefficient (Wildman–Crippen LogP) is 3.29. The second-order valence-corrected chi connectivity index (χ2v) is 8.73. The Morgan fingerprint density at radius 3 is 2.83 bits per heavy atom. The van der Waals surface area contributed by atoms with Crippen molar-refractivity contribution in [1.29, 1.82) is 0 Å². The van der Waals surface area contributed by atoms with E-state index in [2.05, 4.69) is 11.1 Å². The summed E-state index contributed by atoms with van der Waals surface area (Å²) >= 11 is 0. The summed E-state index contributed by atoms with van der Waals surface area (Å²) in [6.07, 6.45) is 5.57. The van der Waals surface area contributed by atoms with E-state index in [1.54, 1.807) is 12.1 Å². The number of carbonyl (C=O) groups is 1. The molecular weight excluding hydrogens is 330 g/mol. The van der Waals surface area contributed by atoms with Crippen LogP contribution in [-0.2, 0) is 21.6 Å². The first-order valence-electron chi connectivity index (χ1n) is 8.61.